The van der Waals surface area contributed by atoms with Crippen LogP contribution in [0.5, 0.6) is 0 Å². The van der Waals surface area contributed by atoms with Gasteiger partial charge < -0.3 is 4.84 Å². The van der Waals surface area contributed by atoms with Crippen LogP contribution in [-0.2, 0) is 9.63 Å². The summed E-state index contributed by atoms with van der Waals surface area (Å²) in [6.07, 6.45) is 0. The predicted octanol–water partition coefficient (Wildman–Crippen LogP) is 3.36. The van der Waals surface area contributed by atoms with Crippen molar-refractivity contribution in [3.8, 4) is 0 Å². The summed E-state index contributed by atoms with van der Waals surface area (Å²) in [6, 6.07) is 9.58. The number of hydrogen-bond donors (Lipinski definition) is 0. The highest BCUT2D eigenvalue weighted by atomic mass is 32.2. The number of hydrogen-bond acceptors (Lipinski definition) is 4. The van der Waals surface area contributed by atoms with Crippen LogP contribution in [0.15, 0.2) is 46.5 Å². The topological polar surface area (TPSA) is 38.7 Å². The van der Waals surface area contributed by atoms with Gasteiger partial charge in [0.15, 0.2) is 0 Å². The fraction of sp³-hybridized carbons (Fsp3) is 0.286. The van der Waals surface area contributed by atoms with Gasteiger partial charge in [0, 0.05) is 10.3 Å². The Morgan fingerprint density at radius 1 is 1.22 bits per heavy atom. The Hall–Kier alpha value is -1.55. The zero-order valence-electron chi connectivity index (χ0n) is 10.6. The Balaban J connectivity index is 2.29. The van der Waals surface area contributed by atoms with Crippen LogP contribution in [0.25, 0.3) is 0 Å². The van der Waals surface area contributed by atoms with Gasteiger partial charge in [-0.25, -0.2) is 4.79 Å². The SMILES string of the molecule is CC(C)(C)S/C=C1\C(=O)ON=C1c1ccccc1. The van der Waals surface area contributed by atoms with E-state index < -0.39 is 0 Å². The van der Waals surface area contributed by atoms with Crippen LogP contribution in [0.1, 0.15) is 26.3 Å². The van der Waals surface area contributed by atoms with Gasteiger partial charge in [-0.2, -0.15) is 0 Å². The lowest BCUT2D eigenvalue weighted by Gasteiger charge is -2.14. The first-order valence-electron chi connectivity index (χ1n) is 5.70. The van der Waals surface area contributed by atoms with Gasteiger partial charge in [-0.05, 0) is 5.41 Å². The third kappa shape index (κ3) is 3.01. The molecular formula is C14H15NO2S. The molecule has 94 valence electrons. The molecule has 3 nitrogen and oxygen atoms in total. The fourth-order valence-electron chi connectivity index (χ4n) is 1.43. The molecule has 0 radical (unpaired) electrons. The first-order valence-corrected chi connectivity index (χ1v) is 6.58. The molecule has 0 N–H and O–H groups in total. The van der Waals surface area contributed by atoms with E-state index in [0.717, 1.165) is 5.56 Å². The van der Waals surface area contributed by atoms with Crippen molar-refractivity contribution in [3.05, 3.63) is 46.9 Å². The van der Waals surface area contributed by atoms with Gasteiger partial charge >= 0.3 is 5.97 Å². The molecule has 1 aromatic rings. The van der Waals surface area contributed by atoms with Crippen LogP contribution >= 0.6 is 11.8 Å². The number of benzene rings is 1. The highest BCUT2D eigenvalue weighted by Gasteiger charge is 2.27. The maximum absolute atomic E-state index is 11.7. The molecule has 0 saturated heterocycles. The normalized spacial score (nSPS) is 17.8. The molecule has 0 aromatic heterocycles. The summed E-state index contributed by atoms with van der Waals surface area (Å²) in [7, 11) is 0. The van der Waals surface area contributed by atoms with Gasteiger partial charge in [0.1, 0.15) is 5.71 Å². The maximum Gasteiger partial charge on any atom is 0.368 e. The molecule has 0 spiro atoms. The lowest BCUT2D eigenvalue weighted by Crippen LogP contribution is -2.09. The number of nitrogens with zero attached hydrogens (tertiary/aromatic N) is 1. The Bertz CT molecular complexity index is 512. The minimum atomic E-state index is -0.384. The molecule has 2 rings (SSSR count). The molecule has 18 heavy (non-hydrogen) atoms. The molecule has 0 bridgehead atoms. The van der Waals surface area contributed by atoms with Crippen molar-refractivity contribution in [2.45, 2.75) is 25.5 Å². The minimum Gasteiger partial charge on any atom is -0.312 e. The molecule has 1 aliphatic rings. The van der Waals surface area contributed by atoms with E-state index in [4.69, 9.17) is 4.84 Å². The number of oxime groups is 1. The van der Waals surface area contributed by atoms with Crippen LogP contribution in [-0.4, -0.2) is 16.4 Å². The summed E-state index contributed by atoms with van der Waals surface area (Å²) in [5, 5.41) is 5.69. The highest BCUT2D eigenvalue weighted by Crippen LogP contribution is 2.28. The monoisotopic (exact) mass is 261 g/mol. The van der Waals surface area contributed by atoms with Crippen molar-refractivity contribution in [2.75, 3.05) is 0 Å². The smallest absolute Gasteiger partial charge is 0.312 e. The second-order valence-electron chi connectivity index (χ2n) is 4.95. The molecule has 0 aliphatic carbocycles. The molecule has 0 fully saturated rings. The van der Waals surface area contributed by atoms with E-state index in [2.05, 4.69) is 25.9 Å². The van der Waals surface area contributed by atoms with Gasteiger partial charge in [-0.15, -0.1) is 11.8 Å². The van der Waals surface area contributed by atoms with Crippen LogP contribution in [0, 0.1) is 0 Å². The van der Waals surface area contributed by atoms with Crippen molar-refractivity contribution in [3.63, 3.8) is 0 Å². The number of carbonyl (C=O) groups excluding carboxylic acids is 1. The van der Waals surface area contributed by atoms with Gasteiger partial charge in [-0.1, -0.05) is 56.3 Å². The average Bonchev–Trinajstić information content (AvgIpc) is 2.68. The zero-order valence-corrected chi connectivity index (χ0v) is 11.5. The molecular weight excluding hydrogens is 246 g/mol. The quantitative estimate of drug-likeness (QED) is 0.605. The standard InChI is InChI=1S/C14H15NO2S/c1-14(2,3)18-9-11-12(15-17-13(11)16)10-7-5-4-6-8-10/h4-9H,1-3H3/b11-9-. The van der Waals surface area contributed by atoms with Gasteiger partial charge in [0.2, 0.25) is 0 Å². The Morgan fingerprint density at radius 3 is 2.50 bits per heavy atom. The third-order valence-corrected chi connectivity index (χ3v) is 3.33. The van der Waals surface area contributed by atoms with E-state index in [1.807, 2.05) is 35.7 Å². The molecule has 0 saturated carbocycles. The molecule has 0 unspecified atom stereocenters. The van der Waals surface area contributed by atoms with E-state index in [0.29, 0.717) is 11.3 Å². The minimum absolute atomic E-state index is 0.0532. The lowest BCUT2D eigenvalue weighted by molar-refractivity contribution is -0.136. The summed E-state index contributed by atoms with van der Waals surface area (Å²) in [5.41, 5.74) is 2.03. The molecule has 1 aromatic carbocycles. The lowest BCUT2D eigenvalue weighted by atomic mass is 10.1. The Labute approximate surface area is 111 Å². The highest BCUT2D eigenvalue weighted by molar-refractivity contribution is 8.03. The first kappa shape index (κ1) is 12.9. The first-order chi connectivity index (χ1) is 8.47. The Morgan fingerprint density at radius 2 is 1.89 bits per heavy atom. The van der Waals surface area contributed by atoms with E-state index in [1.165, 1.54) is 0 Å². The molecule has 0 atom stereocenters. The molecule has 1 heterocycles. The number of rotatable bonds is 2. The van der Waals surface area contributed by atoms with Crippen molar-refractivity contribution in [1.29, 1.82) is 0 Å². The second kappa shape index (κ2) is 4.98. The van der Waals surface area contributed by atoms with Gasteiger partial charge in [0.25, 0.3) is 0 Å². The number of thioether (sulfide) groups is 1. The summed E-state index contributed by atoms with van der Waals surface area (Å²) in [4.78, 5) is 16.4. The second-order valence-corrected chi connectivity index (χ2v) is 6.64. The summed E-state index contributed by atoms with van der Waals surface area (Å²) in [5.74, 6) is -0.384. The largest absolute Gasteiger partial charge is 0.368 e. The van der Waals surface area contributed by atoms with Crippen molar-refractivity contribution < 1.29 is 9.63 Å². The van der Waals surface area contributed by atoms with Crippen LogP contribution in [0.4, 0.5) is 0 Å². The van der Waals surface area contributed by atoms with Crippen molar-refractivity contribution >= 4 is 23.4 Å². The zero-order chi connectivity index (χ0) is 13.2. The van der Waals surface area contributed by atoms with Crippen molar-refractivity contribution in [1.82, 2.24) is 0 Å². The molecule has 1 aliphatic heterocycles. The van der Waals surface area contributed by atoms with Crippen LogP contribution in [0.2, 0.25) is 0 Å². The van der Waals surface area contributed by atoms with Crippen LogP contribution in [0.3, 0.4) is 0 Å². The van der Waals surface area contributed by atoms with E-state index in [-0.39, 0.29) is 10.7 Å². The fourth-order valence-corrected chi connectivity index (χ4v) is 2.11. The molecule has 0 amide bonds. The van der Waals surface area contributed by atoms with Crippen molar-refractivity contribution in [2.24, 2.45) is 5.16 Å². The van der Waals surface area contributed by atoms with Crippen LogP contribution < -0.4 is 0 Å². The maximum atomic E-state index is 11.7. The third-order valence-electron chi connectivity index (χ3n) is 2.27. The van der Waals surface area contributed by atoms with E-state index >= 15 is 0 Å². The molecule has 4 heteroatoms. The predicted molar refractivity (Wildman–Crippen MR) is 74.5 cm³/mol. The van der Waals surface area contributed by atoms with Gasteiger partial charge in [0.05, 0.1) is 5.57 Å². The Kier molecular flexibility index (Phi) is 3.57. The summed E-state index contributed by atoms with van der Waals surface area (Å²) < 4.78 is 0.0532. The van der Waals surface area contributed by atoms with E-state index in [1.54, 1.807) is 11.8 Å². The number of carbonyl (C=O) groups is 1. The summed E-state index contributed by atoms with van der Waals surface area (Å²) >= 11 is 1.59. The van der Waals surface area contributed by atoms with Gasteiger partial charge in [-0.3, -0.25) is 0 Å². The van der Waals surface area contributed by atoms with E-state index in [9.17, 15) is 4.79 Å². The summed E-state index contributed by atoms with van der Waals surface area (Å²) in [6.45, 7) is 6.27. The average molecular weight is 261 g/mol.